The molecule has 0 radical (unpaired) electrons. The molecule has 1 amide bonds. The molecule has 28 heavy (non-hydrogen) atoms. The first-order valence-corrected chi connectivity index (χ1v) is 9.19. The van der Waals surface area contributed by atoms with Crippen LogP contribution in [0.25, 0.3) is 0 Å². The normalized spacial score (nSPS) is 22.0. The summed E-state index contributed by atoms with van der Waals surface area (Å²) in [5, 5.41) is 13.3. The first-order chi connectivity index (χ1) is 13.1. The third kappa shape index (κ3) is 5.84. The van der Waals surface area contributed by atoms with Gasteiger partial charge in [-0.3, -0.25) is 9.79 Å². The van der Waals surface area contributed by atoms with Crippen LogP contribution in [0.2, 0.25) is 0 Å². The lowest BCUT2D eigenvalue weighted by Crippen LogP contribution is -2.50. The molecule has 1 aliphatic heterocycles. The van der Waals surface area contributed by atoms with Gasteiger partial charge in [-0.05, 0) is 38.5 Å². The summed E-state index contributed by atoms with van der Waals surface area (Å²) in [7, 11) is 1.52. The van der Waals surface area contributed by atoms with E-state index in [9.17, 15) is 19.1 Å². The molecule has 2 rings (SSSR count). The number of aliphatic imine (C=N–C) groups is 1. The Morgan fingerprint density at radius 2 is 2.18 bits per heavy atom. The maximum atomic E-state index is 13.5. The van der Waals surface area contributed by atoms with Gasteiger partial charge in [0.1, 0.15) is 11.4 Å². The highest BCUT2D eigenvalue weighted by Crippen LogP contribution is 2.20. The Hall–Kier alpha value is -2.32. The van der Waals surface area contributed by atoms with Gasteiger partial charge in [0.2, 0.25) is 0 Å². The van der Waals surface area contributed by atoms with Gasteiger partial charge < -0.3 is 19.9 Å². The number of carbonyl (C=O) groups excluding carboxylic acids is 2. The number of carbonyl (C=O) groups is 2. The van der Waals surface area contributed by atoms with Crippen LogP contribution < -0.4 is 5.32 Å². The predicted molar refractivity (Wildman–Crippen MR) is 102 cm³/mol. The number of hydrogen-bond donors (Lipinski definition) is 2. The van der Waals surface area contributed by atoms with Gasteiger partial charge in [0.15, 0.2) is 6.10 Å². The van der Waals surface area contributed by atoms with Crippen molar-refractivity contribution in [3.8, 4) is 0 Å². The van der Waals surface area contributed by atoms with Gasteiger partial charge in [-0.15, -0.1) is 0 Å². The zero-order valence-corrected chi connectivity index (χ0v) is 16.6. The number of nitrogens with one attached hydrogen (secondary N) is 1. The van der Waals surface area contributed by atoms with Crippen molar-refractivity contribution in [1.29, 1.82) is 0 Å². The van der Waals surface area contributed by atoms with Crippen LogP contribution in [0.5, 0.6) is 0 Å². The Kier molecular flexibility index (Phi) is 7.26. The number of amides is 1. The molecule has 0 bridgehead atoms. The first-order valence-electron chi connectivity index (χ1n) is 9.19. The van der Waals surface area contributed by atoms with E-state index in [4.69, 9.17) is 9.47 Å². The summed E-state index contributed by atoms with van der Waals surface area (Å²) in [6, 6.07) is 5.39. The fourth-order valence-electron chi connectivity index (χ4n) is 2.93. The van der Waals surface area contributed by atoms with Crippen LogP contribution >= 0.6 is 0 Å². The summed E-state index contributed by atoms with van der Waals surface area (Å²) in [4.78, 5) is 28.5. The van der Waals surface area contributed by atoms with E-state index in [0.717, 1.165) is 0 Å². The average Bonchev–Trinajstić information content (AvgIpc) is 3.07. The third-order valence-corrected chi connectivity index (χ3v) is 4.38. The lowest BCUT2D eigenvalue weighted by Gasteiger charge is -2.25. The first kappa shape index (κ1) is 22.0. The minimum absolute atomic E-state index is 0.0921. The van der Waals surface area contributed by atoms with Crippen molar-refractivity contribution >= 4 is 17.6 Å². The number of ether oxygens (including phenoxy) is 2. The van der Waals surface area contributed by atoms with Crippen LogP contribution in [0, 0.1) is 5.82 Å². The predicted octanol–water partition coefficient (Wildman–Crippen LogP) is 1.61. The number of hydrogen-bond acceptors (Lipinski definition) is 6. The summed E-state index contributed by atoms with van der Waals surface area (Å²) < 4.78 is 24.0. The van der Waals surface area contributed by atoms with E-state index < -0.39 is 35.4 Å². The van der Waals surface area contributed by atoms with E-state index >= 15 is 0 Å². The largest absolute Gasteiger partial charge is 0.461 e. The minimum Gasteiger partial charge on any atom is -0.461 e. The van der Waals surface area contributed by atoms with Gasteiger partial charge in [0.25, 0.3) is 5.91 Å². The van der Waals surface area contributed by atoms with Crippen LogP contribution in [0.4, 0.5) is 4.39 Å². The zero-order chi connectivity index (χ0) is 20.9. The summed E-state index contributed by atoms with van der Waals surface area (Å²) in [5.74, 6) is -1.51. The SMILES string of the molecule is CN=C(CC(C)(O)C(=O)N[C@H]1CO[C@@H](C(=O)OC(C)C)C1)c1cccc(F)c1. The lowest BCUT2D eigenvalue weighted by molar-refractivity contribution is -0.158. The lowest BCUT2D eigenvalue weighted by atomic mass is 9.93. The molecule has 8 heteroatoms. The van der Waals surface area contributed by atoms with E-state index in [0.29, 0.717) is 11.3 Å². The van der Waals surface area contributed by atoms with Crippen molar-refractivity contribution in [1.82, 2.24) is 5.32 Å². The Bertz CT molecular complexity index is 748. The zero-order valence-electron chi connectivity index (χ0n) is 16.6. The summed E-state index contributed by atoms with van der Waals surface area (Å²) in [6.45, 7) is 5.01. The van der Waals surface area contributed by atoms with E-state index in [1.165, 1.54) is 32.2 Å². The van der Waals surface area contributed by atoms with Gasteiger partial charge in [0.05, 0.1) is 18.8 Å². The van der Waals surface area contributed by atoms with Crippen LogP contribution in [0.1, 0.15) is 39.2 Å². The second-order valence-corrected chi connectivity index (χ2v) is 7.34. The average molecular weight is 394 g/mol. The molecule has 1 fully saturated rings. The van der Waals surface area contributed by atoms with Crippen molar-refractivity contribution in [2.75, 3.05) is 13.7 Å². The molecule has 0 aromatic heterocycles. The number of benzene rings is 1. The molecule has 154 valence electrons. The summed E-state index contributed by atoms with van der Waals surface area (Å²) in [5.41, 5.74) is -0.866. The van der Waals surface area contributed by atoms with Crippen molar-refractivity contribution in [3.63, 3.8) is 0 Å². The Labute approximate surface area is 163 Å². The van der Waals surface area contributed by atoms with Crippen LogP contribution in [-0.2, 0) is 19.1 Å². The topological polar surface area (TPSA) is 97.2 Å². The highest BCUT2D eigenvalue weighted by atomic mass is 19.1. The fourth-order valence-corrected chi connectivity index (χ4v) is 2.93. The molecule has 7 nitrogen and oxygen atoms in total. The van der Waals surface area contributed by atoms with Crippen LogP contribution in [0.3, 0.4) is 0 Å². The molecule has 1 heterocycles. The number of esters is 1. The van der Waals surface area contributed by atoms with Gasteiger partial charge in [-0.25, -0.2) is 9.18 Å². The van der Waals surface area contributed by atoms with Crippen LogP contribution in [0.15, 0.2) is 29.3 Å². The van der Waals surface area contributed by atoms with Gasteiger partial charge in [0, 0.05) is 25.6 Å². The van der Waals surface area contributed by atoms with E-state index in [1.807, 2.05) is 0 Å². The molecule has 2 N–H and O–H groups in total. The molecule has 0 spiro atoms. The van der Waals surface area contributed by atoms with E-state index in [1.54, 1.807) is 19.9 Å². The standard InChI is InChI=1S/C20H27FN2O5/c1-12(2)28-18(24)17-9-15(11-27-17)23-19(25)20(3,26)10-16(22-4)13-6-5-7-14(21)8-13/h5-8,12,15,17,26H,9-11H2,1-4H3,(H,23,25)/t15-,17-,20?/m1/s1. The second kappa shape index (κ2) is 9.25. The number of nitrogens with zero attached hydrogens (tertiary/aromatic N) is 1. The van der Waals surface area contributed by atoms with Crippen molar-refractivity contribution in [2.45, 2.75) is 57.5 Å². The Morgan fingerprint density at radius 3 is 2.79 bits per heavy atom. The quantitative estimate of drug-likeness (QED) is 0.541. The molecule has 1 unspecified atom stereocenters. The Morgan fingerprint density at radius 1 is 1.46 bits per heavy atom. The number of aliphatic hydroxyl groups is 1. The second-order valence-electron chi connectivity index (χ2n) is 7.34. The molecular weight excluding hydrogens is 367 g/mol. The van der Waals surface area contributed by atoms with Gasteiger partial charge in [-0.2, -0.15) is 0 Å². The molecule has 1 saturated heterocycles. The highest BCUT2D eigenvalue weighted by molar-refractivity contribution is 6.04. The van der Waals surface area contributed by atoms with E-state index in [-0.39, 0.29) is 25.6 Å². The van der Waals surface area contributed by atoms with Crippen molar-refractivity contribution in [2.24, 2.45) is 4.99 Å². The molecule has 1 aromatic rings. The summed E-state index contributed by atoms with van der Waals surface area (Å²) >= 11 is 0. The minimum atomic E-state index is -1.77. The summed E-state index contributed by atoms with van der Waals surface area (Å²) in [6.07, 6.45) is -0.810. The molecule has 3 atom stereocenters. The number of halogens is 1. The van der Waals surface area contributed by atoms with Gasteiger partial charge in [-0.1, -0.05) is 12.1 Å². The molecule has 1 aliphatic rings. The van der Waals surface area contributed by atoms with Gasteiger partial charge >= 0.3 is 5.97 Å². The fraction of sp³-hybridized carbons (Fsp3) is 0.550. The smallest absolute Gasteiger partial charge is 0.335 e. The monoisotopic (exact) mass is 394 g/mol. The number of rotatable bonds is 7. The van der Waals surface area contributed by atoms with Crippen molar-refractivity contribution in [3.05, 3.63) is 35.6 Å². The molecule has 0 saturated carbocycles. The van der Waals surface area contributed by atoms with Crippen LogP contribution in [-0.4, -0.2) is 60.2 Å². The molecule has 1 aromatic carbocycles. The third-order valence-electron chi connectivity index (χ3n) is 4.38. The maximum Gasteiger partial charge on any atom is 0.335 e. The molecular formula is C20H27FN2O5. The van der Waals surface area contributed by atoms with Crippen molar-refractivity contribution < 1.29 is 28.6 Å². The highest BCUT2D eigenvalue weighted by Gasteiger charge is 2.38. The maximum absolute atomic E-state index is 13.5. The Balaban J connectivity index is 1.96. The van der Waals surface area contributed by atoms with E-state index in [2.05, 4.69) is 10.3 Å². The molecule has 0 aliphatic carbocycles.